The second-order valence-electron chi connectivity index (χ2n) is 7.53. The summed E-state index contributed by atoms with van der Waals surface area (Å²) in [5, 5.41) is 18.0. The Balaban J connectivity index is 1.52. The molecule has 1 heterocycles. The SMILES string of the molecule is COCc1c(Br)c(C)nc(OCC(=O)N/N=C/c2c3ccccc3cc3ccccc23)c1C#N. The summed E-state index contributed by atoms with van der Waals surface area (Å²) in [6, 6.07) is 20.3. The number of amides is 1. The fourth-order valence-corrected chi connectivity index (χ4v) is 4.14. The number of ether oxygens (including phenoxy) is 2. The number of rotatable bonds is 7. The molecule has 1 aromatic heterocycles. The summed E-state index contributed by atoms with van der Waals surface area (Å²) in [5.74, 6) is -0.394. The van der Waals surface area contributed by atoms with E-state index in [2.05, 4.69) is 43.6 Å². The number of carbonyl (C=O) groups is 1. The zero-order valence-corrected chi connectivity index (χ0v) is 20.2. The van der Waals surface area contributed by atoms with Gasteiger partial charge in [-0.1, -0.05) is 48.5 Å². The van der Waals surface area contributed by atoms with E-state index in [0.717, 1.165) is 27.1 Å². The van der Waals surface area contributed by atoms with Gasteiger partial charge in [-0.2, -0.15) is 10.4 Å². The second-order valence-corrected chi connectivity index (χ2v) is 8.32. The summed E-state index contributed by atoms with van der Waals surface area (Å²) >= 11 is 3.43. The Morgan fingerprint density at radius 2 is 1.82 bits per heavy atom. The highest BCUT2D eigenvalue weighted by atomic mass is 79.9. The van der Waals surface area contributed by atoms with Crippen LogP contribution in [0.2, 0.25) is 0 Å². The van der Waals surface area contributed by atoms with Crippen molar-refractivity contribution in [1.29, 1.82) is 5.26 Å². The lowest BCUT2D eigenvalue weighted by Crippen LogP contribution is -2.25. The number of aryl methyl sites for hydroxylation is 1. The number of nitrogens with one attached hydrogen (secondary N) is 1. The minimum atomic E-state index is -0.472. The van der Waals surface area contributed by atoms with Crippen molar-refractivity contribution in [3.05, 3.63) is 81.5 Å². The number of methoxy groups -OCH3 is 1. The fraction of sp³-hybridized carbons (Fsp3) is 0.154. The number of fused-ring (bicyclic) bond motifs is 2. The molecule has 0 aliphatic heterocycles. The number of nitriles is 1. The van der Waals surface area contributed by atoms with Crippen LogP contribution in [0, 0.1) is 18.3 Å². The first kappa shape index (κ1) is 23.4. The molecule has 170 valence electrons. The average Bonchev–Trinajstić information content (AvgIpc) is 2.85. The highest BCUT2D eigenvalue weighted by Crippen LogP contribution is 2.30. The second kappa shape index (κ2) is 10.4. The Labute approximate surface area is 205 Å². The van der Waals surface area contributed by atoms with Crippen LogP contribution in [0.1, 0.15) is 22.4 Å². The summed E-state index contributed by atoms with van der Waals surface area (Å²) < 4.78 is 11.4. The number of aromatic nitrogens is 1. The monoisotopic (exact) mass is 516 g/mol. The maximum atomic E-state index is 12.4. The van der Waals surface area contributed by atoms with Gasteiger partial charge in [0.2, 0.25) is 5.88 Å². The smallest absolute Gasteiger partial charge is 0.278 e. The summed E-state index contributed by atoms with van der Waals surface area (Å²) in [4.78, 5) is 16.7. The Kier molecular flexibility index (Phi) is 7.16. The van der Waals surface area contributed by atoms with E-state index in [1.54, 1.807) is 13.1 Å². The van der Waals surface area contributed by atoms with Crippen molar-refractivity contribution >= 4 is 49.6 Å². The minimum Gasteiger partial charge on any atom is -0.467 e. The molecule has 1 amide bonds. The number of benzene rings is 3. The Morgan fingerprint density at radius 1 is 1.18 bits per heavy atom. The lowest BCUT2D eigenvalue weighted by atomic mass is 9.97. The van der Waals surface area contributed by atoms with Gasteiger partial charge in [-0.05, 0) is 50.5 Å². The van der Waals surface area contributed by atoms with Gasteiger partial charge in [0, 0.05) is 22.7 Å². The van der Waals surface area contributed by atoms with Crippen LogP contribution in [-0.4, -0.2) is 30.8 Å². The van der Waals surface area contributed by atoms with E-state index in [9.17, 15) is 10.1 Å². The van der Waals surface area contributed by atoms with Crippen LogP contribution in [0.5, 0.6) is 5.88 Å². The predicted octanol–water partition coefficient (Wildman–Crippen LogP) is 5.01. The molecule has 7 nitrogen and oxygen atoms in total. The Bertz CT molecular complexity index is 1410. The maximum absolute atomic E-state index is 12.4. The number of hydrazone groups is 1. The van der Waals surface area contributed by atoms with Crippen LogP contribution < -0.4 is 10.2 Å². The van der Waals surface area contributed by atoms with E-state index < -0.39 is 5.91 Å². The third-order valence-electron chi connectivity index (χ3n) is 5.30. The van der Waals surface area contributed by atoms with Crippen molar-refractivity contribution in [3.63, 3.8) is 0 Å². The first-order valence-corrected chi connectivity index (χ1v) is 11.3. The zero-order chi connectivity index (χ0) is 24.1. The molecule has 0 aliphatic carbocycles. The van der Waals surface area contributed by atoms with E-state index in [0.29, 0.717) is 15.7 Å². The number of halogens is 1. The van der Waals surface area contributed by atoms with Gasteiger partial charge in [0.1, 0.15) is 11.6 Å². The summed E-state index contributed by atoms with van der Waals surface area (Å²) in [5.41, 5.74) is 4.87. The van der Waals surface area contributed by atoms with E-state index in [1.165, 1.54) is 7.11 Å². The number of carbonyl (C=O) groups excluding carboxylic acids is 1. The number of nitrogens with zero attached hydrogens (tertiary/aromatic N) is 3. The Hall–Kier alpha value is -3.80. The topological polar surface area (TPSA) is 96.6 Å². The van der Waals surface area contributed by atoms with Crippen molar-refractivity contribution in [1.82, 2.24) is 10.4 Å². The minimum absolute atomic E-state index is 0.0782. The van der Waals surface area contributed by atoms with Crippen LogP contribution in [0.25, 0.3) is 21.5 Å². The number of pyridine rings is 1. The van der Waals surface area contributed by atoms with Gasteiger partial charge in [-0.3, -0.25) is 4.79 Å². The first-order valence-electron chi connectivity index (χ1n) is 10.5. The molecule has 0 aliphatic rings. The van der Waals surface area contributed by atoms with Gasteiger partial charge >= 0.3 is 0 Å². The predicted molar refractivity (Wildman–Crippen MR) is 135 cm³/mol. The van der Waals surface area contributed by atoms with Crippen molar-refractivity contribution < 1.29 is 14.3 Å². The third kappa shape index (κ3) is 4.76. The van der Waals surface area contributed by atoms with Gasteiger partial charge in [0.25, 0.3) is 5.91 Å². The number of hydrogen-bond donors (Lipinski definition) is 1. The van der Waals surface area contributed by atoms with Crippen molar-refractivity contribution in [2.24, 2.45) is 5.10 Å². The molecule has 0 radical (unpaired) electrons. The van der Waals surface area contributed by atoms with Crippen molar-refractivity contribution in [2.45, 2.75) is 13.5 Å². The third-order valence-corrected chi connectivity index (χ3v) is 6.36. The van der Waals surface area contributed by atoms with E-state index in [4.69, 9.17) is 9.47 Å². The molecule has 8 heteroatoms. The van der Waals surface area contributed by atoms with Gasteiger partial charge in [-0.25, -0.2) is 10.4 Å². The van der Waals surface area contributed by atoms with Gasteiger partial charge in [0.15, 0.2) is 6.61 Å². The first-order chi connectivity index (χ1) is 16.5. The van der Waals surface area contributed by atoms with Crippen LogP contribution in [0.15, 0.2) is 64.2 Å². The molecule has 4 aromatic rings. The Morgan fingerprint density at radius 3 is 2.44 bits per heavy atom. The molecule has 0 saturated heterocycles. The highest BCUT2D eigenvalue weighted by Gasteiger charge is 2.18. The molecule has 0 unspecified atom stereocenters. The molecular weight excluding hydrogens is 496 g/mol. The molecule has 0 saturated carbocycles. The summed E-state index contributed by atoms with van der Waals surface area (Å²) in [6.45, 7) is 1.64. The number of hydrogen-bond acceptors (Lipinski definition) is 6. The van der Waals surface area contributed by atoms with Crippen molar-refractivity contribution in [2.75, 3.05) is 13.7 Å². The quantitative estimate of drug-likeness (QED) is 0.211. The molecular formula is C26H21BrN4O3. The van der Waals surface area contributed by atoms with E-state index in [-0.39, 0.29) is 24.7 Å². The van der Waals surface area contributed by atoms with Crippen LogP contribution in [0.4, 0.5) is 0 Å². The average molecular weight is 517 g/mol. The normalized spacial score (nSPS) is 11.1. The molecule has 1 N–H and O–H groups in total. The molecule has 0 bridgehead atoms. The standard InChI is InChI=1S/C26H21BrN4O3/c1-16-25(27)23(14-33-2)21(12-28)26(30-16)34-15-24(32)31-29-13-22-19-9-5-3-7-17(19)11-18-8-4-6-10-20(18)22/h3-11,13H,14-15H2,1-2H3,(H,31,32)/b29-13+. The van der Waals surface area contributed by atoms with Crippen LogP contribution >= 0.6 is 15.9 Å². The largest absolute Gasteiger partial charge is 0.467 e. The molecule has 0 fully saturated rings. The van der Waals surface area contributed by atoms with E-state index >= 15 is 0 Å². The van der Waals surface area contributed by atoms with Crippen molar-refractivity contribution in [3.8, 4) is 11.9 Å². The zero-order valence-electron chi connectivity index (χ0n) is 18.6. The van der Waals surface area contributed by atoms with Crippen LogP contribution in [-0.2, 0) is 16.1 Å². The fourth-order valence-electron chi connectivity index (χ4n) is 3.74. The summed E-state index contributed by atoms with van der Waals surface area (Å²) in [7, 11) is 1.54. The molecule has 0 atom stereocenters. The van der Waals surface area contributed by atoms with Crippen LogP contribution in [0.3, 0.4) is 0 Å². The summed E-state index contributed by atoms with van der Waals surface area (Å²) in [6.07, 6.45) is 1.64. The lowest BCUT2D eigenvalue weighted by molar-refractivity contribution is -0.123. The molecule has 34 heavy (non-hydrogen) atoms. The van der Waals surface area contributed by atoms with Gasteiger partial charge in [0.05, 0.1) is 18.5 Å². The molecule has 0 spiro atoms. The maximum Gasteiger partial charge on any atom is 0.278 e. The van der Waals surface area contributed by atoms with E-state index in [1.807, 2.05) is 48.5 Å². The van der Waals surface area contributed by atoms with Gasteiger partial charge in [-0.15, -0.1) is 0 Å². The highest BCUT2D eigenvalue weighted by molar-refractivity contribution is 9.10. The lowest BCUT2D eigenvalue weighted by Gasteiger charge is -2.13. The molecule has 3 aromatic carbocycles. The molecule has 4 rings (SSSR count). The van der Waals surface area contributed by atoms with Gasteiger partial charge < -0.3 is 9.47 Å².